The Balaban J connectivity index is 2.92. The number of hydrogen-bond donors (Lipinski definition) is 0. The first-order valence-electron chi connectivity index (χ1n) is 4.16. The van der Waals surface area contributed by atoms with Crippen molar-refractivity contribution >= 4 is 55.4 Å². The molecule has 3 atom stereocenters. The van der Waals surface area contributed by atoms with Gasteiger partial charge in [0, 0.05) is 5.75 Å². The van der Waals surface area contributed by atoms with Crippen molar-refractivity contribution in [3.8, 4) is 0 Å². The lowest BCUT2D eigenvalue weighted by Gasteiger charge is -2.09. The Morgan fingerprint density at radius 2 is 1.69 bits per heavy atom. The van der Waals surface area contributed by atoms with Gasteiger partial charge in [-0.05, 0) is 39.4 Å². The monoisotopic (exact) mass is 248 g/mol. The average molecular weight is 248 g/mol. The van der Waals surface area contributed by atoms with Crippen LogP contribution in [0, 0.1) is 0 Å². The zero-order chi connectivity index (χ0) is 9.84. The standard InChI is InChI=1S/C9H15P3S/c1-2-13-5-7-8(11)3-6(10)4-9(7)12/h3-4H,2,5,10-12H2,1H3. The van der Waals surface area contributed by atoms with Gasteiger partial charge in [-0.2, -0.15) is 11.8 Å². The molecule has 0 saturated carbocycles. The van der Waals surface area contributed by atoms with E-state index in [0.29, 0.717) is 0 Å². The highest BCUT2D eigenvalue weighted by Gasteiger charge is 2.03. The molecule has 0 spiro atoms. The molecular formula is C9H15P3S. The molecule has 0 aliphatic heterocycles. The second kappa shape index (κ2) is 5.67. The van der Waals surface area contributed by atoms with Gasteiger partial charge in [0.15, 0.2) is 0 Å². The number of hydrogen-bond acceptors (Lipinski definition) is 1. The molecule has 0 nitrogen and oxygen atoms in total. The van der Waals surface area contributed by atoms with Crippen molar-refractivity contribution in [1.29, 1.82) is 0 Å². The second-order valence-corrected chi connectivity index (χ2v) is 6.00. The number of benzene rings is 1. The van der Waals surface area contributed by atoms with Crippen LogP contribution in [0.5, 0.6) is 0 Å². The van der Waals surface area contributed by atoms with Crippen molar-refractivity contribution in [3.05, 3.63) is 17.7 Å². The molecule has 3 unspecified atom stereocenters. The Kier molecular flexibility index (Phi) is 5.21. The molecule has 0 bridgehead atoms. The van der Waals surface area contributed by atoms with Crippen LogP contribution in [0.2, 0.25) is 0 Å². The highest BCUT2D eigenvalue weighted by molar-refractivity contribution is 7.98. The van der Waals surface area contributed by atoms with Gasteiger partial charge in [-0.3, -0.25) is 0 Å². The first kappa shape index (κ1) is 11.9. The third-order valence-electron chi connectivity index (χ3n) is 1.79. The van der Waals surface area contributed by atoms with E-state index in [2.05, 4.69) is 46.8 Å². The van der Waals surface area contributed by atoms with Gasteiger partial charge in [-0.15, -0.1) is 27.7 Å². The van der Waals surface area contributed by atoms with Crippen LogP contribution in [-0.4, -0.2) is 5.75 Å². The molecule has 0 amide bonds. The maximum absolute atomic E-state index is 2.81. The molecule has 0 radical (unpaired) electrons. The minimum atomic E-state index is 1.11. The zero-order valence-electron chi connectivity index (χ0n) is 7.71. The highest BCUT2D eigenvalue weighted by atomic mass is 32.2. The van der Waals surface area contributed by atoms with Gasteiger partial charge < -0.3 is 0 Å². The van der Waals surface area contributed by atoms with Crippen LogP contribution in [0.1, 0.15) is 12.5 Å². The molecule has 0 heterocycles. The summed E-state index contributed by atoms with van der Waals surface area (Å²) in [6, 6.07) is 4.38. The van der Waals surface area contributed by atoms with Crippen LogP contribution in [0.3, 0.4) is 0 Å². The Morgan fingerprint density at radius 3 is 2.15 bits per heavy atom. The molecule has 0 aliphatic rings. The summed E-state index contributed by atoms with van der Waals surface area (Å²) in [5.41, 5.74) is 1.44. The van der Waals surface area contributed by atoms with E-state index in [-0.39, 0.29) is 0 Å². The molecule has 0 aliphatic carbocycles. The topological polar surface area (TPSA) is 0 Å². The lowest BCUT2D eigenvalue weighted by atomic mass is 10.2. The maximum atomic E-state index is 2.81. The van der Waals surface area contributed by atoms with Gasteiger partial charge in [-0.25, -0.2) is 0 Å². The van der Waals surface area contributed by atoms with E-state index in [1.165, 1.54) is 27.2 Å². The van der Waals surface area contributed by atoms with Crippen LogP contribution >= 0.6 is 39.5 Å². The summed E-state index contributed by atoms with van der Waals surface area (Å²) < 4.78 is 0. The van der Waals surface area contributed by atoms with Crippen LogP contribution in [0.25, 0.3) is 0 Å². The normalized spacial score (nSPS) is 10.5. The fourth-order valence-corrected chi connectivity index (χ4v) is 3.98. The van der Waals surface area contributed by atoms with Gasteiger partial charge in [0.1, 0.15) is 0 Å². The van der Waals surface area contributed by atoms with Gasteiger partial charge in [-0.1, -0.05) is 6.92 Å². The molecule has 0 aromatic heterocycles. The molecule has 4 heteroatoms. The summed E-state index contributed by atoms with van der Waals surface area (Å²) in [6.07, 6.45) is 0. The van der Waals surface area contributed by atoms with Crippen molar-refractivity contribution in [1.82, 2.24) is 0 Å². The fourth-order valence-electron chi connectivity index (χ4n) is 1.11. The summed E-state index contributed by atoms with van der Waals surface area (Å²) >= 11 is 1.96. The van der Waals surface area contributed by atoms with E-state index in [1.54, 1.807) is 0 Å². The molecule has 0 saturated heterocycles. The molecule has 1 aromatic carbocycles. The van der Waals surface area contributed by atoms with Crippen molar-refractivity contribution in [3.63, 3.8) is 0 Å². The smallest absolute Gasteiger partial charge is 0.0196 e. The second-order valence-electron chi connectivity index (χ2n) is 2.82. The summed E-state index contributed by atoms with van der Waals surface area (Å²) in [5.74, 6) is 2.29. The van der Waals surface area contributed by atoms with Gasteiger partial charge >= 0.3 is 0 Å². The Labute approximate surface area is 91.6 Å². The third-order valence-corrected chi connectivity index (χ3v) is 4.06. The largest absolute Gasteiger partial charge is 0.157 e. The third kappa shape index (κ3) is 3.49. The van der Waals surface area contributed by atoms with Crippen LogP contribution in [-0.2, 0) is 5.75 Å². The van der Waals surface area contributed by atoms with Crippen LogP contribution < -0.4 is 15.9 Å². The van der Waals surface area contributed by atoms with Crippen LogP contribution in [0.15, 0.2) is 12.1 Å². The molecular weight excluding hydrogens is 233 g/mol. The SMILES string of the molecule is CCSCc1c(P)cc(P)cc1P. The van der Waals surface area contributed by atoms with Gasteiger partial charge in [0.2, 0.25) is 0 Å². The minimum Gasteiger partial charge on any atom is -0.157 e. The molecule has 0 fully saturated rings. The van der Waals surface area contributed by atoms with Crippen LogP contribution in [0.4, 0.5) is 0 Å². The van der Waals surface area contributed by atoms with E-state index in [9.17, 15) is 0 Å². The first-order valence-corrected chi connectivity index (χ1v) is 7.05. The summed E-state index contributed by atoms with van der Waals surface area (Å²) in [7, 11) is 8.35. The predicted molar refractivity (Wildman–Crippen MR) is 76.3 cm³/mol. The van der Waals surface area contributed by atoms with Gasteiger partial charge in [0.05, 0.1) is 0 Å². The fraction of sp³-hybridized carbons (Fsp3) is 0.333. The van der Waals surface area contributed by atoms with E-state index in [1.807, 2.05) is 11.8 Å². The highest BCUT2D eigenvalue weighted by Crippen LogP contribution is 2.12. The number of thioether (sulfide) groups is 1. The lowest BCUT2D eigenvalue weighted by molar-refractivity contribution is 1.45. The van der Waals surface area contributed by atoms with Crippen molar-refractivity contribution in [2.75, 3.05) is 5.75 Å². The van der Waals surface area contributed by atoms with Crippen molar-refractivity contribution in [2.24, 2.45) is 0 Å². The maximum Gasteiger partial charge on any atom is 0.0196 e. The molecule has 13 heavy (non-hydrogen) atoms. The van der Waals surface area contributed by atoms with E-state index >= 15 is 0 Å². The lowest BCUT2D eigenvalue weighted by Crippen LogP contribution is -2.17. The summed E-state index contributed by atoms with van der Waals surface area (Å²) in [5, 5.41) is 3.89. The van der Waals surface area contributed by atoms with E-state index in [0.717, 1.165) is 5.75 Å². The Hall–Kier alpha value is 0.860. The Bertz CT molecular complexity index is 276. The van der Waals surface area contributed by atoms with Crippen molar-refractivity contribution in [2.45, 2.75) is 12.7 Å². The van der Waals surface area contributed by atoms with Gasteiger partial charge in [0.25, 0.3) is 0 Å². The molecule has 1 aromatic rings. The zero-order valence-corrected chi connectivity index (χ0v) is 12.0. The number of rotatable bonds is 3. The Morgan fingerprint density at radius 1 is 1.15 bits per heavy atom. The minimum absolute atomic E-state index is 1.11. The summed E-state index contributed by atoms with van der Waals surface area (Å²) in [6.45, 7) is 2.19. The average Bonchev–Trinajstić information content (AvgIpc) is 2.02. The molecule has 1 rings (SSSR count). The molecule has 0 N–H and O–H groups in total. The summed E-state index contributed by atoms with van der Waals surface area (Å²) in [4.78, 5) is 0. The van der Waals surface area contributed by atoms with E-state index < -0.39 is 0 Å². The quantitative estimate of drug-likeness (QED) is 0.729. The molecule has 72 valence electrons. The van der Waals surface area contributed by atoms with Crippen molar-refractivity contribution < 1.29 is 0 Å². The first-order chi connectivity index (χ1) is 6.15. The van der Waals surface area contributed by atoms with E-state index in [4.69, 9.17) is 0 Å². The predicted octanol–water partition coefficient (Wildman–Crippen LogP) is 1.44.